The van der Waals surface area contributed by atoms with E-state index in [1.165, 1.54) is 54.6 Å². The Bertz CT molecular complexity index is 1760. The van der Waals surface area contributed by atoms with Crippen molar-refractivity contribution in [3.05, 3.63) is 141 Å². The number of benzene rings is 4. The summed E-state index contributed by atoms with van der Waals surface area (Å²) < 4.78 is 54.7. The quantitative estimate of drug-likeness (QED) is 0.134. The van der Waals surface area contributed by atoms with Gasteiger partial charge in [0, 0.05) is 34.7 Å². The molecule has 1 aliphatic rings. The Morgan fingerprint density at radius 2 is 1.29 bits per heavy atom. The van der Waals surface area contributed by atoms with Gasteiger partial charge in [-0.05, 0) is 35.4 Å². The molecular weight excluding hydrogens is 665 g/mol. The summed E-state index contributed by atoms with van der Waals surface area (Å²) in [6.45, 7) is -1.52. The SMILES string of the molecule is O=C(NCc1c(F)cccc1Cl)C(OCc1ccccc1F)C(O)C(O)C(OCc1ccccc1F)C(=O)NC1c2ccccc2CC1O. The topological polar surface area (TPSA) is 137 Å². The van der Waals surface area contributed by atoms with Crippen molar-refractivity contribution in [3.8, 4) is 0 Å². The van der Waals surface area contributed by atoms with Crippen molar-refractivity contribution in [3.63, 3.8) is 0 Å². The van der Waals surface area contributed by atoms with E-state index in [0.29, 0.717) is 5.56 Å². The number of hydrogen-bond acceptors (Lipinski definition) is 7. The van der Waals surface area contributed by atoms with Gasteiger partial charge in [-0.25, -0.2) is 13.2 Å². The van der Waals surface area contributed by atoms with E-state index in [9.17, 15) is 38.1 Å². The van der Waals surface area contributed by atoms with Crippen LogP contribution >= 0.6 is 11.6 Å². The minimum Gasteiger partial charge on any atom is -0.390 e. The number of nitrogens with one attached hydrogen (secondary N) is 2. The van der Waals surface area contributed by atoms with Crippen LogP contribution in [0.25, 0.3) is 0 Å². The van der Waals surface area contributed by atoms with Crippen LogP contribution in [0.5, 0.6) is 0 Å². The largest absolute Gasteiger partial charge is 0.390 e. The summed E-state index contributed by atoms with van der Waals surface area (Å²) in [6.07, 6.45) is -9.10. The van der Waals surface area contributed by atoms with Crippen LogP contribution in [0.2, 0.25) is 5.02 Å². The number of hydrogen-bond donors (Lipinski definition) is 5. The van der Waals surface area contributed by atoms with Crippen LogP contribution in [-0.4, -0.2) is 57.7 Å². The molecule has 0 spiro atoms. The van der Waals surface area contributed by atoms with Crippen molar-refractivity contribution >= 4 is 23.4 Å². The standard InChI is InChI=1S/C36H34ClF3N2O7/c37-25-12-7-15-28(40)24(25)17-41-35(46)33(48-18-21-9-2-5-13-26(21)38)31(44)32(45)34(49-19-22-10-3-6-14-27(22)39)36(47)42-30-23-11-4-1-8-20(23)16-29(30)43/h1-15,29-34,43-45H,16-19H2,(H,41,46)(H,42,47). The van der Waals surface area contributed by atoms with Gasteiger partial charge in [-0.2, -0.15) is 0 Å². The fourth-order valence-electron chi connectivity index (χ4n) is 5.57. The third-order valence-electron chi connectivity index (χ3n) is 8.24. The number of amides is 2. The second-order valence-corrected chi connectivity index (χ2v) is 11.9. The van der Waals surface area contributed by atoms with E-state index >= 15 is 0 Å². The third-order valence-corrected chi connectivity index (χ3v) is 8.60. The monoisotopic (exact) mass is 698 g/mol. The van der Waals surface area contributed by atoms with E-state index in [1.54, 1.807) is 24.3 Å². The van der Waals surface area contributed by atoms with Crippen molar-refractivity contribution in [2.24, 2.45) is 0 Å². The fourth-order valence-corrected chi connectivity index (χ4v) is 5.80. The maximum Gasteiger partial charge on any atom is 0.252 e. The Morgan fingerprint density at radius 3 is 1.88 bits per heavy atom. The highest BCUT2D eigenvalue weighted by Crippen LogP contribution is 2.32. The molecule has 5 N–H and O–H groups in total. The first-order valence-corrected chi connectivity index (χ1v) is 15.8. The average Bonchev–Trinajstić information content (AvgIpc) is 3.40. The first-order valence-electron chi connectivity index (χ1n) is 15.4. The third kappa shape index (κ3) is 8.66. The molecule has 9 nitrogen and oxygen atoms in total. The van der Waals surface area contributed by atoms with Crippen LogP contribution in [0, 0.1) is 17.5 Å². The van der Waals surface area contributed by atoms with Gasteiger partial charge in [0.05, 0.1) is 25.4 Å². The molecule has 0 aliphatic heterocycles. The predicted octanol–water partition coefficient (Wildman–Crippen LogP) is 4.04. The summed E-state index contributed by atoms with van der Waals surface area (Å²) in [5.74, 6) is -4.10. The zero-order valence-electron chi connectivity index (χ0n) is 25.9. The van der Waals surface area contributed by atoms with Gasteiger partial charge in [0.25, 0.3) is 11.8 Å². The van der Waals surface area contributed by atoms with Crippen LogP contribution in [0.1, 0.15) is 33.9 Å². The van der Waals surface area contributed by atoms with Crippen LogP contribution in [-0.2, 0) is 45.2 Å². The molecule has 4 aromatic rings. The lowest BCUT2D eigenvalue weighted by Gasteiger charge is -2.31. The van der Waals surface area contributed by atoms with Crippen LogP contribution in [0.3, 0.4) is 0 Å². The highest BCUT2D eigenvalue weighted by atomic mass is 35.5. The van der Waals surface area contributed by atoms with Crippen molar-refractivity contribution < 1.29 is 47.6 Å². The first kappa shape index (κ1) is 36.0. The molecule has 0 aromatic heterocycles. The Hall–Kier alpha value is -4.30. The fraction of sp³-hybridized carbons (Fsp3) is 0.278. The van der Waals surface area contributed by atoms with Gasteiger partial charge in [-0.15, -0.1) is 0 Å². The smallest absolute Gasteiger partial charge is 0.252 e. The molecule has 258 valence electrons. The van der Waals surface area contributed by atoms with Crippen LogP contribution in [0.4, 0.5) is 13.2 Å². The molecule has 0 saturated carbocycles. The molecule has 0 bridgehead atoms. The van der Waals surface area contributed by atoms with Gasteiger partial charge in [0.1, 0.15) is 29.7 Å². The summed E-state index contributed by atoms with van der Waals surface area (Å²) in [6, 6.07) is 21.1. The number of ether oxygens (including phenoxy) is 2. The number of fused-ring (bicyclic) bond motifs is 1. The normalized spacial score (nSPS) is 17.9. The van der Waals surface area contributed by atoms with Gasteiger partial charge in [0.2, 0.25) is 0 Å². The van der Waals surface area contributed by atoms with E-state index in [0.717, 1.165) is 17.7 Å². The lowest BCUT2D eigenvalue weighted by molar-refractivity contribution is -0.171. The molecule has 13 heteroatoms. The van der Waals surface area contributed by atoms with Gasteiger partial charge in [-0.3, -0.25) is 9.59 Å². The van der Waals surface area contributed by atoms with Gasteiger partial charge in [-0.1, -0.05) is 78.3 Å². The van der Waals surface area contributed by atoms with Crippen molar-refractivity contribution in [2.75, 3.05) is 0 Å². The Kier molecular flexibility index (Phi) is 12.0. The summed E-state index contributed by atoms with van der Waals surface area (Å²) >= 11 is 6.09. The van der Waals surface area contributed by atoms with E-state index < -0.39 is 85.6 Å². The molecule has 2 amide bonds. The molecule has 0 heterocycles. The number of carbonyl (C=O) groups is 2. The molecule has 5 rings (SSSR count). The van der Waals surface area contributed by atoms with Crippen molar-refractivity contribution in [2.45, 2.75) is 62.7 Å². The molecule has 6 atom stereocenters. The van der Waals surface area contributed by atoms with Crippen molar-refractivity contribution in [1.29, 1.82) is 0 Å². The predicted molar refractivity (Wildman–Crippen MR) is 172 cm³/mol. The number of halogens is 4. The van der Waals surface area contributed by atoms with E-state index in [4.69, 9.17) is 21.1 Å². The Morgan fingerprint density at radius 1 is 0.755 bits per heavy atom. The zero-order chi connectivity index (χ0) is 35.1. The number of carbonyl (C=O) groups excluding carboxylic acids is 2. The maximum absolute atomic E-state index is 14.5. The average molecular weight is 699 g/mol. The molecular formula is C36H34ClF3N2O7. The van der Waals surface area contributed by atoms with E-state index in [2.05, 4.69) is 10.6 Å². The molecule has 0 fully saturated rings. The minimum atomic E-state index is -2.21. The zero-order valence-corrected chi connectivity index (χ0v) is 26.7. The lowest BCUT2D eigenvalue weighted by atomic mass is 10.00. The summed E-state index contributed by atoms with van der Waals surface area (Å²) in [5, 5.41) is 38.7. The van der Waals surface area contributed by atoms with Crippen molar-refractivity contribution in [1.82, 2.24) is 10.6 Å². The summed E-state index contributed by atoms with van der Waals surface area (Å²) in [7, 11) is 0. The Balaban J connectivity index is 1.41. The summed E-state index contributed by atoms with van der Waals surface area (Å²) in [4.78, 5) is 27.2. The van der Waals surface area contributed by atoms with Gasteiger partial charge < -0.3 is 35.4 Å². The van der Waals surface area contributed by atoms with Crippen LogP contribution < -0.4 is 10.6 Å². The number of aliphatic hydroxyl groups is 3. The number of rotatable bonds is 14. The molecule has 49 heavy (non-hydrogen) atoms. The highest BCUT2D eigenvalue weighted by Gasteiger charge is 2.43. The first-order chi connectivity index (χ1) is 23.5. The summed E-state index contributed by atoms with van der Waals surface area (Å²) in [5.41, 5.74) is 1.39. The number of aliphatic hydroxyl groups excluding tert-OH is 3. The van der Waals surface area contributed by atoms with E-state index in [-0.39, 0.29) is 28.1 Å². The Labute approximate surface area is 285 Å². The van der Waals surface area contributed by atoms with E-state index in [1.807, 2.05) is 0 Å². The maximum atomic E-state index is 14.5. The molecule has 4 aromatic carbocycles. The van der Waals surface area contributed by atoms with Gasteiger partial charge >= 0.3 is 0 Å². The molecule has 0 saturated heterocycles. The molecule has 0 radical (unpaired) electrons. The second-order valence-electron chi connectivity index (χ2n) is 11.5. The second kappa shape index (κ2) is 16.4. The van der Waals surface area contributed by atoms with Crippen LogP contribution in [0.15, 0.2) is 91.0 Å². The minimum absolute atomic E-state index is 0.0121. The molecule has 1 aliphatic carbocycles. The molecule has 6 unspecified atom stereocenters. The van der Waals surface area contributed by atoms with Gasteiger partial charge in [0.15, 0.2) is 12.2 Å². The highest BCUT2D eigenvalue weighted by molar-refractivity contribution is 6.31. The lowest BCUT2D eigenvalue weighted by Crippen LogP contribution is -2.56.